The Balaban J connectivity index is 2.66. The molecule has 0 aliphatic carbocycles. The van der Waals surface area contributed by atoms with E-state index in [1.54, 1.807) is 0 Å². The first-order valence-corrected chi connectivity index (χ1v) is 5.04. The van der Waals surface area contributed by atoms with Gasteiger partial charge >= 0.3 is 17.6 Å². The highest BCUT2D eigenvalue weighted by Gasteiger charge is 2.35. The van der Waals surface area contributed by atoms with Crippen molar-refractivity contribution < 1.29 is 9.55 Å². The lowest BCUT2D eigenvalue weighted by Gasteiger charge is -2.13. The molecule has 1 aromatic rings. The van der Waals surface area contributed by atoms with Crippen LogP contribution in [0.2, 0.25) is 0 Å². The summed E-state index contributed by atoms with van der Waals surface area (Å²) in [5, 5.41) is 15.4. The zero-order valence-corrected chi connectivity index (χ0v) is 10.2. The van der Waals surface area contributed by atoms with Crippen molar-refractivity contribution >= 4 is 17.6 Å². The fraction of sp³-hybridized carbons (Fsp3) is 0.444. The molecule has 8 heteroatoms. The van der Waals surface area contributed by atoms with E-state index < -0.39 is 0 Å². The van der Waals surface area contributed by atoms with Gasteiger partial charge in [0.2, 0.25) is 0 Å². The third kappa shape index (κ3) is 1.77. The lowest BCUT2D eigenvalue weighted by Crippen LogP contribution is -2.40. The summed E-state index contributed by atoms with van der Waals surface area (Å²) in [6.45, 7) is 0. The van der Waals surface area contributed by atoms with Crippen molar-refractivity contribution in [2.24, 2.45) is 5.22 Å². The van der Waals surface area contributed by atoms with E-state index in [0.29, 0.717) is 10.7 Å². The Hall–Kier alpha value is -2.25. The Morgan fingerprint density at radius 2 is 1.59 bits per heavy atom. The van der Waals surface area contributed by atoms with Crippen LogP contribution in [0.3, 0.4) is 0 Å². The molecule has 0 bridgehead atoms. The maximum Gasteiger partial charge on any atom is 0.419 e. The fourth-order valence-electron chi connectivity index (χ4n) is 1.69. The molecule has 0 unspecified atom stereocenters. The molecule has 8 nitrogen and oxygen atoms in total. The molecule has 0 N–H and O–H groups in total. The van der Waals surface area contributed by atoms with E-state index in [0.717, 1.165) is 5.96 Å². The van der Waals surface area contributed by atoms with Gasteiger partial charge in [-0.3, -0.25) is 9.80 Å². The van der Waals surface area contributed by atoms with Crippen molar-refractivity contribution in [2.75, 3.05) is 28.2 Å². The summed E-state index contributed by atoms with van der Waals surface area (Å²) in [5.74, 6) is 1.36. The Labute approximate surface area is 98.7 Å². The lowest BCUT2D eigenvalue weighted by atomic mass is 10.6. The monoisotopic (exact) mass is 236 g/mol. The van der Waals surface area contributed by atoms with Gasteiger partial charge in [0.25, 0.3) is 0 Å². The fourth-order valence-corrected chi connectivity index (χ4v) is 1.69. The van der Waals surface area contributed by atoms with Gasteiger partial charge in [0.05, 0.1) is 39.6 Å². The predicted molar refractivity (Wildman–Crippen MR) is 60.0 cm³/mol. The normalized spacial score (nSPS) is 13.2. The minimum atomic E-state index is 0.203. The average molecular weight is 236 g/mol. The van der Waals surface area contributed by atoms with Gasteiger partial charge < -0.3 is 5.21 Å². The zero-order chi connectivity index (χ0) is 12.6. The number of hydrogen-bond acceptors (Lipinski definition) is 4. The largest absolute Gasteiger partial charge is 0.709 e. The van der Waals surface area contributed by atoms with Gasteiger partial charge in [-0.15, -0.1) is 4.86 Å². The van der Waals surface area contributed by atoms with E-state index in [1.807, 2.05) is 38.0 Å². The number of guanidine groups is 1. The molecule has 0 saturated heterocycles. The van der Waals surface area contributed by atoms with Crippen LogP contribution in [0.5, 0.6) is 0 Å². The molecule has 90 valence electrons. The lowest BCUT2D eigenvalue weighted by molar-refractivity contribution is -0.594. The van der Waals surface area contributed by atoms with Crippen molar-refractivity contribution in [1.82, 2.24) is 19.8 Å². The predicted octanol–water partition coefficient (Wildman–Crippen LogP) is 0.122. The standard InChI is InChI=1S/C9H14N7O/c1-13(2)9(14(3)4)15-7-8(16(17)12-15)11-6-5-10-7/h5-6H,1-4H3/q+1. The second-order valence-electron chi connectivity index (χ2n) is 3.97. The molecule has 0 aromatic carbocycles. The zero-order valence-electron chi connectivity index (χ0n) is 10.2. The van der Waals surface area contributed by atoms with Crippen LogP contribution in [-0.2, 0) is 0 Å². The Morgan fingerprint density at radius 1 is 1.06 bits per heavy atom. The maximum absolute atomic E-state index is 11.6. The summed E-state index contributed by atoms with van der Waals surface area (Å²) < 4.78 is 1.47. The minimum Gasteiger partial charge on any atom is -0.709 e. The third-order valence-corrected chi connectivity index (χ3v) is 2.20. The van der Waals surface area contributed by atoms with E-state index >= 15 is 0 Å². The van der Waals surface area contributed by atoms with Crippen LogP contribution >= 0.6 is 0 Å². The number of nitrogens with zero attached hydrogens (tertiary/aromatic N) is 7. The summed E-state index contributed by atoms with van der Waals surface area (Å²) in [7, 11) is 7.48. The van der Waals surface area contributed by atoms with Crippen LogP contribution in [0.4, 0.5) is 11.6 Å². The van der Waals surface area contributed by atoms with Gasteiger partial charge in [0.15, 0.2) is 0 Å². The SMILES string of the molecule is CN(C)C(N(C)C)=[N+]1N=[N+]([O-])c2nccnc21. The van der Waals surface area contributed by atoms with E-state index in [1.165, 1.54) is 17.1 Å². The Kier molecular flexibility index (Phi) is 2.62. The van der Waals surface area contributed by atoms with Crippen molar-refractivity contribution in [2.45, 2.75) is 0 Å². The molecule has 1 aliphatic rings. The van der Waals surface area contributed by atoms with Crippen LogP contribution in [-0.4, -0.2) is 63.5 Å². The molecule has 0 radical (unpaired) electrons. The first-order chi connectivity index (χ1) is 8.02. The molecular formula is C9H14N7O+. The number of hydrogen-bond donors (Lipinski definition) is 0. The number of rotatable bonds is 0. The molecular weight excluding hydrogens is 222 g/mol. The van der Waals surface area contributed by atoms with Crippen LogP contribution in [0.15, 0.2) is 17.6 Å². The Morgan fingerprint density at radius 3 is 2.12 bits per heavy atom. The molecule has 1 aromatic heterocycles. The van der Waals surface area contributed by atoms with Crippen LogP contribution in [0.25, 0.3) is 0 Å². The van der Waals surface area contributed by atoms with Crippen molar-refractivity contribution in [3.63, 3.8) is 0 Å². The van der Waals surface area contributed by atoms with Crippen molar-refractivity contribution in [1.29, 1.82) is 0 Å². The molecule has 0 saturated carbocycles. The van der Waals surface area contributed by atoms with Gasteiger partial charge in [-0.25, -0.2) is 4.98 Å². The van der Waals surface area contributed by atoms with Crippen molar-refractivity contribution in [3.05, 3.63) is 17.6 Å². The highest BCUT2D eigenvalue weighted by molar-refractivity contribution is 5.75. The van der Waals surface area contributed by atoms with E-state index in [4.69, 9.17) is 0 Å². The summed E-state index contributed by atoms with van der Waals surface area (Å²) in [6.07, 6.45) is 3.00. The first-order valence-electron chi connectivity index (χ1n) is 5.04. The van der Waals surface area contributed by atoms with Crippen LogP contribution in [0.1, 0.15) is 0 Å². The minimum absolute atomic E-state index is 0.203. The summed E-state index contributed by atoms with van der Waals surface area (Å²) in [4.78, 5) is 12.3. The summed E-state index contributed by atoms with van der Waals surface area (Å²) in [6, 6.07) is 0. The third-order valence-electron chi connectivity index (χ3n) is 2.20. The molecule has 0 amide bonds. The highest BCUT2D eigenvalue weighted by Crippen LogP contribution is 2.27. The maximum atomic E-state index is 11.6. The topological polar surface area (TPSA) is 73.7 Å². The van der Waals surface area contributed by atoms with Gasteiger partial charge in [-0.05, 0) is 4.68 Å². The number of fused-ring (bicyclic) bond motifs is 1. The molecule has 0 fully saturated rings. The van der Waals surface area contributed by atoms with E-state index in [9.17, 15) is 5.21 Å². The van der Waals surface area contributed by atoms with E-state index in [2.05, 4.69) is 15.2 Å². The second-order valence-corrected chi connectivity index (χ2v) is 3.97. The van der Waals surface area contributed by atoms with Gasteiger partial charge in [0, 0.05) is 0 Å². The molecule has 0 atom stereocenters. The molecule has 0 spiro atoms. The van der Waals surface area contributed by atoms with Gasteiger partial charge in [-0.2, -0.15) is 0 Å². The second kappa shape index (κ2) is 3.96. The van der Waals surface area contributed by atoms with E-state index in [-0.39, 0.29) is 5.82 Å². The first kappa shape index (κ1) is 11.2. The van der Waals surface area contributed by atoms with Crippen LogP contribution < -0.4 is 0 Å². The highest BCUT2D eigenvalue weighted by atomic mass is 16.5. The van der Waals surface area contributed by atoms with Crippen molar-refractivity contribution in [3.8, 4) is 0 Å². The summed E-state index contributed by atoms with van der Waals surface area (Å²) in [5.41, 5.74) is 0. The van der Waals surface area contributed by atoms with Gasteiger partial charge in [-0.1, -0.05) is 4.98 Å². The average Bonchev–Trinajstić information content (AvgIpc) is 2.56. The quantitative estimate of drug-likeness (QED) is 0.363. The smallest absolute Gasteiger partial charge is 0.419 e. The molecule has 17 heavy (non-hydrogen) atoms. The number of aromatic nitrogens is 2. The van der Waals surface area contributed by atoms with Gasteiger partial charge in [0.1, 0.15) is 6.20 Å². The Bertz CT molecular complexity index is 496. The van der Waals surface area contributed by atoms with Crippen LogP contribution in [0, 0.1) is 5.21 Å². The molecule has 1 aliphatic heterocycles. The molecule has 2 rings (SSSR count). The molecule has 2 heterocycles. The summed E-state index contributed by atoms with van der Waals surface area (Å²) >= 11 is 0.